The highest BCUT2D eigenvalue weighted by molar-refractivity contribution is 9.10. The molecule has 7 heteroatoms. The monoisotopic (exact) mass is 350 g/mol. The second-order valence-electron chi connectivity index (χ2n) is 3.82. The van der Waals surface area contributed by atoms with E-state index in [1.165, 1.54) is 12.1 Å². The fourth-order valence-electron chi connectivity index (χ4n) is 1.52. The summed E-state index contributed by atoms with van der Waals surface area (Å²) in [7, 11) is 0. The van der Waals surface area contributed by atoms with E-state index in [9.17, 15) is 4.79 Å². The third-order valence-electron chi connectivity index (χ3n) is 2.43. The number of rotatable bonds is 2. The summed E-state index contributed by atoms with van der Waals surface area (Å²) >= 11 is 9.16. The quantitative estimate of drug-likeness (QED) is 0.869. The Hall–Kier alpha value is -2.10. The number of amides is 1. The lowest BCUT2D eigenvalue weighted by atomic mass is 10.2. The number of pyridine rings is 1. The Bertz CT molecular complexity index is 727. The summed E-state index contributed by atoms with van der Waals surface area (Å²) in [6, 6.07) is 9.91. The number of nitrogens with two attached hydrogens (primary N) is 1. The minimum atomic E-state index is -0.527. The molecule has 0 atom stereocenters. The van der Waals surface area contributed by atoms with Crippen molar-refractivity contribution >= 4 is 44.9 Å². The van der Waals surface area contributed by atoms with Gasteiger partial charge in [-0.2, -0.15) is 5.26 Å². The van der Waals surface area contributed by atoms with Gasteiger partial charge in [0.15, 0.2) is 0 Å². The highest BCUT2D eigenvalue weighted by Gasteiger charge is 2.14. The van der Waals surface area contributed by atoms with Crippen LogP contribution in [0.15, 0.2) is 34.8 Å². The Morgan fingerprint density at radius 2 is 2.15 bits per heavy atom. The fraction of sp³-hybridized carbons (Fsp3) is 0. The topological polar surface area (TPSA) is 91.8 Å². The molecule has 2 aromatic rings. The van der Waals surface area contributed by atoms with Gasteiger partial charge in [0.1, 0.15) is 17.6 Å². The van der Waals surface area contributed by atoms with Crippen LogP contribution in [0.1, 0.15) is 16.1 Å². The maximum absolute atomic E-state index is 12.1. The van der Waals surface area contributed by atoms with E-state index in [0.717, 1.165) is 4.47 Å². The Kier molecular flexibility index (Phi) is 4.23. The zero-order valence-electron chi connectivity index (χ0n) is 10.0. The number of nitriles is 1. The zero-order valence-corrected chi connectivity index (χ0v) is 12.4. The van der Waals surface area contributed by atoms with Crippen LogP contribution in [0.3, 0.4) is 0 Å². The first kappa shape index (κ1) is 14.3. The Labute approximate surface area is 128 Å². The molecule has 3 N–H and O–H groups in total. The van der Waals surface area contributed by atoms with E-state index in [4.69, 9.17) is 22.6 Å². The third kappa shape index (κ3) is 3.07. The summed E-state index contributed by atoms with van der Waals surface area (Å²) in [5, 5.41) is 11.8. The summed E-state index contributed by atoms with van der Waals surface area (Å²) in [5.41, 5.74) is 6.24. The number of halogens is 2. The number of benzene rings is 1. The van der Waals surface area contributed by atoms with Crippen LogP contribution in [0.25, 0.3) is 0 Å². The summed E-state index contributed by atoms with van der Waals surface area (Å²) < 4.78 is 0.743. The van der Waals surface area contributed by atoms with E-state index in [0.29, 0.717) is 11.3 Å². The molecule has 100 valence electrons. The van der Waals surface area contributed by atoms with Gasteiger partial charge in [0.2, 0.25) is 0 Å². The second kappa shape index (κ2) is 5.90. The van der Waals surface area contributed by atoms with E-state index in [1.54, 1.807) is 18.2 Å². The van der Waals surface area contributed by atoms with Gasteiger partial charge >= 0.3 is 0 Å². The van der Waals surface area contributed by atoms with Gasteiger partial charge in [0, 0.05) is 4.47 Å². The average Bonchev–Trinajstić information content (AvgIpc) is 2.43. The minimum absolute atomic E-state index is 0.0125. The van der Waals surface area contributed by atoms with E-state index in [2.05, 4.69) is 26.2 Å². The lowest BCUT2D eigenvalue weighted by Crippen LogP contribution is -2.15. The SMILES string of the molecule is N#Cc1cc(Br)ccc1NC(=O)c1nc(N)ccc1Cl. The smallest absolute Gasteiger partial charge is 0.275 e. The van der Waals surface area contributed by atoms with Crippen LogP contribution in [0.5, 0.6) is 0 Å². The van der Waals surface area contributed by atoms with Crippen molar-refractivity contribution in [2.24, 2.45) is 0 Å². The molecule has 0 aliphatic rings. The molecule has 20 heavy (non-hydrogen) atoms. The van der Waals surface area contributed by atoms with Crippen LogP contribution in [-0.4, -0.2) is 10.9 Å². The molecule has 0 saturated heterocycles. The first-order valence-corrected chi connectivity index (χ1v) is 6.61. The van der Waals surface area contributed by atoms with E-state index >= 15 is 0 Å². The van der Waals surface area contributed by atoms with Crippen molar-refractivity contribution in [1.29, 1.82) is 5.26 Å². The van der Waals surface area contributed by atoms with Crippen LogP contribution in [0, 0.1) is 11.3 Å². The predicted octanol–water partition coefficient (Wildman–Crippen LogP) is 3.20. The summed E-state index contributed by atoms with van der Waals surface area (Å²) in [4.78, 5) is 16.0. The molecule has 1 amide bonds. The van der Waals surface area contributed by atoms with Crippen LogP contribution in [0.2, 0.25) is 5.02 Å². The second-order valence-corrected chi connectivity index (χ2v) is 5.15. The molecule has 1 heterocycles. The number of hydrogen-bond donors (Lipinski definition) is 2. The van der Waals surface area contributed by atoms with Gasteiger partial charge in [0.25, 0.3) is 5.91 Å². The van der Waals surface area contributed by atoms with Crippen molar-refractivity contribution in [1.82, 2.24) is 4.98 Å². The fourth-order valence-corrected chi connectivity index (χ4v) is 2.07. The number of anilines is 2. The number of aromatic nitrogens is 1. The molecule has 0 aliphatic heterocycles. The minimum Gasteiger partial charge on any atom is -0.384 e. The van der Waals surface area contributed by atoms with Crippen LogP contribution in [-0.2, 0) is 0 Å². The van der Waals surface area contributed by atoms with Crippen molar-refractivity contribution < 1.29 is 4.79 Å². The number of nitrogens with zero attached hydrogens (tertiary/aromatic N) is 2. The van der Waals surface area contributed by atoms with E-state index in [1.807, 2.05) is 6.07 Å². The van der Waals surface area contributed by atoms with Gasteiger partial charge in [-0.3, -0.25) is 4.79 Å². The molecule has 1 aromatic carbocycles. The molecule has 0 saturated carbocycles. The number of carbonyl (C=O) groups is 1. The normalized spacial score (nSPS) is 9.85. The lowest BCUT2D eigenvalue weighted by molar-refractivity contribution is 0.102. The highest BCUT2D eigenvalue weighted by Crippen LogP contribution is 2.22. The van der Waals surface area contributed by atoms with Crippen molar-refractivity contribution in [2.75, 3.05) is 11.1 Å². The Balaban J connectivity index is 2.33. The molecular formula is C13H8BrClN4O. The van der Waals surface area contributed by atoms with Crippen molar-refractivity contribution in [3.05, 3.63) is 51.1 Å². The van der Waals surface area contributed by atoms with Gasteiger partial charge in [-0.05, 0) is 30.3 Å². The van der Waals surface area contributed by atoms with Gasteiger partial charge in [-0.1, -0.05) is 27.5 Å². The van der Waals surface area contributed by atoms with Crippen LogP contribution in [0.4, 0.5) is 11.5 Å². The number of nitrogens with one attached hydrogen (secondary N) is 1. The van der Waals surface area contributed by atoms with Gasteiger partial charge in [-0.15, -0.1) is 0 Å². The number of nitrogen functional groups attached to an aromatic ring is 1. The number of carbonyl (C=O) groups excluding carboxylic acids is 1. The molecule has 2 rings (SSSR count). The average molecular weight is 352 g/mol. The van der Waals surface area contributed by atoms with Crippen molar-refractivity contribution in [2.45, 2.75) is 0 Å². The Morgan fingerprint density at radius 1 is 1.40 bits per heavy atom. The van der Waals surface area contributed by atoms with E-state index in [-0.39, 0.29) is 16.5 Å². The first-order chi connectivity index (χ1) is 9.51. The van der Waals surface area contributed by atoms with Gasteiger partial charge in [-0.25, -0.2) is 4.98 Å². The van der Waals surface area contributed by atoms with Gasteiger partial charge in [0.05, 0.1) is 16.3 Å². The van der Waals surface area contributed by atoms with Crippen molar-refractivity contribution in [3.8, 4) is 6.07 Å². The molecule has 0 fully saturated rings. The number of hydrogen-bond acceptors (Lipinski definition) is 4. The molecule has 0 bridgehead atoms. The standard InChI is InChI=1S/C13H8BrClN4O/c14-8-1-3-10(7(5-8)6-16)18-13(20)12-9(15)2-4-11(17)19-12/h1-5H,(H2,17,19)(H,18,20). The molecular weight excluding hydrogens is 344 g/mol. The molecule has 0 radical (unpaired) electrons. The summed E-state index contributed by atoms with van der Waals surface area (Å²) in [5.74, 6) is -0.336. The molecule has 1 aromatic heterocycles. The molecule has 5 nitrogen and oxygen atoms in total. The van der Waals surface area contributed by atoms with Crippen LogP contribution < -0.4 is 11.1 Å². The molecule has 0 spiro atoms. The third-order valence-corrected chi connectivity index (χ3v) is 3.23. The molecule has 0 aliphatic carbocycles. The predicted molar refractivity (Wildman–Crippen MR) is 80.5 cm³/mol. The van der Waals surface area contributed by atoms with Crippen LogP contribution >= 0.6 is 27.5 Å². The summed E-state index contributed by atoms with van der Waals surface area (Å²) in [6.45, 7) is 0. The highest BCUT2D eigenvalue weighted by atomic mass is 79.9. The Morgan fingerprint density at radius 3 is 2.85 bits per heavy atom. The molecule has 0 unspecified atom stereocenters. The maximum atomic E-state index is 12.1. The largest absolute Gasteiger partial charge is 0.384 e. The first-order valence-electron chi connectivity index (χ1n) is 5.44. The summed E-state index contributed by atoms with van der Waals surface area (Å²) in [6.07, 6.45) is 0. The van der Waals surface area contributed by atoms with Gasteiger partial charge < -0.3 is 11.1 Å². The maximum Gasteiger partial charge on any atom is 0.275 e. The lowest BCUT2D eigenvalue weighted by Gasteiger charge is -2.08. The zero-order chi connectivity index (χ0) is 14.7. The van der Waals surface area contributed by atoms with E-state index < -0.39 is 5.91 Å². The van der Waals surface area contributed by atoms with Crippen molar-refractivity contribution in [3.63, 3.8) is 0 Å².